The minimum Gasteiger partial charge on any atom is -0.342 e. The highest BCUT2D eigenvalue weighted by Crippen LogP contribution is 2.64. The molecule has 0 rings (SSSR count). The van der Waals surface area contributed by atoms with E-state index in [2.05, 4.69) is 6.58 Å². The molecule has 0 aliphatic carbocycles. The largest absolute Gasteiger partial charge is 0.460 e. The van der Waals surface area contributed by atoms with Crippen LogP contribution in [0, 0.1) is 0 Å². The van der Waals surface area contributed by atoms with Gasteiger partial charge in [-0.25, -0.2) is 0 Å². The van der Waals surface area contributed by atoms with E-state index in [9.17, 15) is 79.4 Å². The van der Waals surface area contributed by atoms with Gasteiger partial charge in [0.25, 0.3) is 0 Å². The van der Waals surface area contributed by atoms with Crippen LogP contribution in [0.3, 0.4) is 0 Å². The lowest BCUT2D eigenvalue weighted by Crippen LogP contribution is -2.74. The number of halogens is 17. The zero-order valence-electron chi connectivity index (χ0n) is 18.5. The molecular weight excluding hydrogens is 569 g/mol. The molecule has 1 amide bonds. The molecule has 37 heavy (non-hydrogen) atoms. The third kappa shape index (κ3) is 5.73. The molecule has 0 aromatic heterocycles. The molecule has 0 heterocycles. The van der Waals surface area contributed by atoms with Crippen LogP contribution in [-0.4, -0.2) is 72.0 Å². The van der Waals surface area contributed by atoms with Gasteiger partial charge >= 0.3 is 47.6 Å². The zero-order valence-corrected chi connectivity index (χ0v) is 18.5. The Morgan fingerprint density at radius 3 is 1.30 bits per heavy atom. The summed E-state index contributed by atoms with van der Waals surface area (Å²) in [6.45, 7) is 4.32. The summed E-state index contributed by atoms with van der Waals surface area (Å²) in [5.74, 6) is -56.8. The number of hydrogen-bond donors (Lipinski definition) is 0. The fraction of sp³-hybridized carbons (Fsp3) is 0.833. The van der Waals surface area contributed by atoms with Gasteiger partial charge in [-0.05, 0) is 19.8 Å². The van der Waals surface area contributed by atoms with E-state index < -0.39 is 72.8 Å². The van der Waals surface area contributed by atoms with Crippen LogP contribution < -0.4 is 0 Å². The van der Waals surface area contributed by atoms with Crippen molar-refractivity contribution in [3.05, 3.63) is 12.2 Å². The van der Waals surface area contributed by atoms with Gasteiger partial charge in [-0.1, -0.05) is 13.0 Å². The molecule has 0 atom stereocenters. The van der Waals surface area contributed by atoms with Gasteiger partial charge in [0.15, 0.2) is 0 Å². The van der Waals surface area contributed by atoms with Crippen molar-refractivity contribution in [2.45, 2.75) is 80.2 Å². The first-order valence-corrected chi connectivity index (χ1v) is 9.61. The molecule has 0 unspecified atom stereocenters. The standard InChI is InChI=1S/C18H18F17NO/c1-9(2)10(37)36(3)8-6-4-5-7-11(19,20)12(21,22)13(23,24)14(25,26)15(27,28)16(29,30)17(31,32)18(33,34)35/h1,4-8H2,2-3H3. The molecule has 220 valence electrons. The van der Waals surface area contributed by atoms with Crippen LogP contribution in [0.4, 0.5) is 74.6 Å². The third-order valence-corrected chi connectivity index (χ3v) is 4.98. The first-order valence-electron chi connectivity index (χ1n) is 9.61. The molecule has 0 spiro atoms. The quantitative estimate of drug-likeness (QED) is 0.124. The summed E-state index contributed by atoms with van der Waals surface area (Å²) in [4.78, 5) is 12.5. The summed E-state index contributed by atoms with van der Waals surface area (Å²) in [6, 6.07) is 0. The molecule has 0 aliphatic heterocycles. The van der Waals surface area contributed by atoms with Crippen LogP contribution in [0.2, 0.25) is 0 Å². The Bertz CT molecular complexity index is 831. The van der Waals surface area contributed by atoms with Gasteiger partial charge in [0.05, 0.1) is 0 Å². The number of nitrogens with zero attached hydrogens (tertiary/aromatic N) is 1. The Hall–Kier alpha value is -1.98. The lowest BCUT2D eigenvalue weighted by molar-refractivity contribution is -0.461. The highest BCUT2D eigenvalue weighted by molar-refractivity contribution is 5.91. The van der Waals surface area contributed by atoms with Gasteiger partial charge in [0.2, 0.25) is 5.91 Å². The van der Waals surface area contributed by atoms with Crippen molar-refractivity contribution in [1.29, 1.82) is 0 Å². The van der Waals surface area contributed by atoms with Crippen molar-refractivity contribution >= 4 is 5.91 Å². The highest BCUT2D eigenvalue weighted by Gasteiger charge is 2.95. The molecule has 19 heteroatoms. The van der Waals surface area contributed by atoms with Gasteiger partial charge < -0.3 is 4.90 Å². The van der Waals surface area contributed by atoms with Gasteiger partial charge in [-0.3, -0.25) is 4.79 Å². The van der Waals surface area contributed by atoms with Crippen molar-refractivity contribution in [1.82, 2.24) is 4.90 Å². The number of hydrogen-bond acceptors (Lipinski definition) is 1. The van der Waals surface area contributed by atoms with E-state index in [1.54, 1.807) is 0 Å². The maximum atomic E-state index is 13.8. The molecule has 0 saturated heterocycles. The minimum atomic E-state index is -8.62. The van der Waals surface area contributed by atoms with Crippen molar-refractivity contribution in [2.24, 2.45) is 0 Å². The van der Waals surface area contributed by atoms with Gasteiger partial charge in [-0.2, -0.15) is 74.6 Å². The number of likely N-dealkylation sites (N-methyl/N-ethyl adjacent to an activating group) is 1. The van der Waals surface area contributed by atoms with E-state index in [0.29, 0.717) is 0 Å². The second-order valence-corrected chi connectivity index (χ2v) is 7.97. The second kappa shape index (κ2) is 10.3. The van der Waals surface area contributed by atoms with Crippen molar-refractivity contribution < 1.29 is 79.4 Å². The van der Waals surface area contributed by atoms with E-state index >= 15 is 0 Å². The highest BCUT2D eigenvalue weighted by atomic mass is 19.4. The summed E-state index contributed by atoms with van der Waals surface area (Å²) in [7, 11) is 1.18. The summed E-state index contributed by atoms with van der Waals surface area (Å²) < 4.78 is 224. The van der Waals surface area contributed by atoms with E-state index in [-0.39, 0.29) is 18.5 Å². The fourth-order valence-electron chi connectivity index (χ4n) is 2.65. The van der Waals surface area contributed by atoms with Crippen molar-refractivity contribution in [2.75, 3.05) is 13.6 Å². The lowest BCUT2D eigenvalue weighted by Gasteiger charge is -2.42. The topological polar surface area (TPSA) is 20.3 Å². The third-order valence-electron chi connectivity index (χ3n) is 4.98. The van der Waals surface area contributed by atoms with E-state index in [0.717, 1.165) is 4.90 Å². The first kappa shape index (κ1) is 35.0. The molecular formula is C18H18F17NO. The van der Waals surface area contributed by atoms with Crippen LogP contribution in [0.5, 0.6) is 0 Å². The Balaban J connectivity index is 5.91. The molecule has 0 aromatic carbocycles. The fourth-order valence-corrected chi connectivity index (χ4v) is 2.65. The van der Waals surface area contributed by atoms with E-state index in [1.165, 1.54) is 14.0 Å². The maximum Gasteiger partial charge on any atom is 0.460 e. The van der Waals surface area contributed by atoms with Gasteiger partial charge in [-0.15, -0.1) is 0 Å². The SMILES string of the molecule is C=C(C)C(=O)N(C)CCCCCC(F)(F)C(F)(F)C(F)(F)C(F)(F)C(F)(F)C(F)(F)C(F)(F)C(F)(F)F. The monoisotopic (exact) mass is 587 g/mol. The van der Waals surface area contributed by atoms with Gasteiger partial charge in [0.1, 0.15) is 0 Å². The average molecular weight is 587 g/mol. The molecule has 0 aromatic rings. The minimum absolute atomic E-state index is 0.0206. The molecule has 0 saturated carbocycles. The number of rotatable bonds is 13. The number of alkyl halides is 17. The van der Waals surface area contributed by atoms with E-state index in [4.69, 9.17) is 0 Å². The van der Waals surface area contributed by atoms with Crippen LogP contribution in [-0.2, 0) is 4.79 Å². The van der Waals surface area contributed by atoms with Crippen molar-refractivity contribution in [3.8, 4) is 0 Å². The molecule has 0 N–H and O–H groups in total. The Kier molecular flexibility index (Phi) is 9.75. The Morgan fingerprint density at radius 1 is 0.595 bits per heavy atom. The first-order chi connectivity index (χ1) is 16.0. The summed E-state index contributed by atoms with van der Waals surface area (Å²) in [5, 5.41) is 0. The molecule has 0 fully saturated rings. The predicted molar refractivity (Wildman–Crippen MR) is 91.6 cm³/mol. The number of unbranched alkanes of at least 4 members (excludes halogenated alkanes) is 2. The summed E-state index contributed by atoms with van der Waals surface area (Å²) in [6.07, 6.45) is -12.3. The number of carbonyl (C=O) groups is 1. The number of amides is 1. The predicted octanol–water partition coefficient (Wildman–Crippen LogP) is 7.59. The summed E-state index contributed by atoms with van der Waals surface area (Å²) in [5.41, 5.74) is 0.0206. The Labute approximate surface area is 197 Å². The molecule has 0 radical (unpaired) electrons. The van der Waals surface area contributed by atoms with E-state index in [1.807, 2.05) is 0 Å². The molecule has 0 aliphatic rings. The van der Waals surface area contributed by atoms with Crippen molar-refractivity contribution in [3.63, 3.8) is 0 Å². The maximum absolute atomic E-state index is 13.8. The lowest BCUT2D eigenvalue weighted by atomic mass is 9.88. The average Bonchev–Trinajstić information content (AvgIpc) is 2.70. The molecule has 2 nitrogen and oxygen atoms in total. The van der Waals surface area contributed by atoms with Crippen LogP contribution >= 0.6 is 0 Å². The second-order valence-electron chi connectivity index (χ2n) is 7.97. The van der Waals surface area contributed by atoms with Crippen LogP contribution in [0.15, 0.2) is 12.2 Å². The smallest absolute Gasteiger partial charge is 0.342 e. The summed E-state index contributed by atoms with van der Waals surface area (Å²) >= 11 is 0. The Morgan fingerprint density at radius 2 is 0.946 bits per heavy atom. The normalized spacial score (nSPS) is 15.1. The zero-order chi connectivity index (χ0) is 30.3. The number of carbonyl (C=O) groups excluding carboxylic acids is 1. The van der Waals surface area contributed by atoms with Gasteiger partial charge in [0, 0.05) is 25.6 Å². The molecule has 0 bridgehead atoms. The van der Waals surface area contributed by atoms with Crippen LogP contribution in [0.25, 0.3) is 0 Å². The van der Waals surface area contributed by atoms with Crippen LogP contribution in [0.1, 0.15) is 32.6 Å².